The number of hydrogen-bond acceptors (Lipinski definition) is 4. The minimum atomic E-state index is -0.318. The summed E-state index contributed by atoms with van der Waals surface area (Å²) in [6.07, 6.45) is 3.85. The van der Waals surface area contributed by atoms with Crippen molar-refractivity contribution in [1.82, 2.24) is 10.6 Å². The summed E-state index contributed by atoms with van der Waals surface area (Å²) >= 11 is 0. The second kappa shape index (κ2) is 6.87. The highest BCUT2D eigenvalue weighted by Gasteiger charge is 2.40. The van der Waals surface area contributed by atoms with E-state index in [2.05, 4.69) is 24.5 Å². The zero-order valence-electron chi connectivity index (χ0n) is 12.9. The first-order valence-corrected chi connectivity index (χ1v) is 7.82. The van der Waals surface area contributed by atoms with Crippen LogP contribution in [-0.4, -0.2) is 43.5 Å². The number of carbonyl (C=O) groups is 1. The molecule has 1 atom stereocenters. The molecule has 5 heteroatoms. The van der Waals surface area contributed by atoms with Crippen molar-refractivity contribution in [3.05, 3.63) is 0 Å². The van der Waals surface area contributed by atoms with E-state index in [4.69, 9.17) is 9.47 Å². The molecular formula is C15H28N2O3. The van der Waals surface area contributed by atoms with Gasteiger partial charge in [-0.3, -0.25) is 4.79 Å². The molecule has 1 aliphatic carbocycles. The van der Waals surface area contributed by atoms with Crippen LogP contribution in [0.5, 0.6) is 0 Å². The largest absolute Gasteiger partial charge is 0.354 e. The Morgan fingerprint density at radius 2 is 1.80 bits per heavy atom. The number of amides is 1. The normalized spacial score (nSPS) is 24.2. The average Bonchev–Trinajstić information content (AvgIpc) is 2.87. The van der Waals surface area contributed by atoms with E-state index in [-0.39, 0.29) is 17.7 Å². The smallest absolute Gasteiger partial charge is 0.236 e. The Bertz CT molecular complexity index is 317. The molecule has 0 radical (unpaired) electrons. The molecule has 2 fully saturated rings. The molecule has 0 aromatic rings. The standard InChI is InChI=1S/C15H28N2O3/c1-11(2)10-16-14(18)12(3)17-13-4-6-15(7-5-13)19-8-9-20-15/h11-13,17H,4-10H2,1-3H3,(H,16,18). The van der Waals surface area contributed by atoms with Gasteiger partial charge in [-0.1, -0.05) is 13.8 Å². The highest BCUT2D eigenvalue weighted by atomic mass is 16.7. The molecule has 0 aromatic carbocycles. The Kier molecular flexibility index (Phi) is 5.41. The maximum Gasteiger partial charge on any atom is 0.236 e. The first-order chi connectivity index (χ1) is 9.51. The van der Waals surface area contributed by atoms with E-state index in [0.717, 1.165) is 32.2 Å². The van der Waals surface area contributed by atoms with Crippen LogP contribution in [0.3, 0.4) is 0 Å². The lowest BCUT2D eigenvalue weighted by molar-refractivity contribution is -0.179. The maximum atomic E-state index is 11.9. The van der Waals surface area contributed by atoms with Gasteiger partial charge in [-0.2, -0.15) is 0 Å². The van der Waals surface area contributed by atoms with E-state index in [9.17, 15) is 4.79 Å². The van der Waals surface area contributed by atoms with E-state index < -0.39 is 0 Å². The Hall–Kier alpha value is -0.650. The van der Waals surface area contributed by atoms with Crippen LogP contribution >= 0.6 is 0 Å². The SMILES string of the molecule is CC(C)CNC(=O)C(C)NC1CCC2(CC1)OCCO2. The summed E-state index contributed by atoms with van der Waals surface area (Å²) in [5, 5.41) is 6.39. The van der Waals surface area contributed by atoms with Crippen molar-refractivity contribution in [2.24, 2.45) is 5.92 Å². The summed E-state index contributed by atoms with van der Waals surface area (Å²) in [6, 6.07) is 0.242. The van der Waals surface area contributed by atoms with Gasteiger partial charge in [0, 0.05) is 25.4 Å². The van der Waals surface area contributed by atoms with Gasteiger partial charge in [-0.15, -0.1) is 0 Å². The van der Waals surface area contributed by atoms with Crippen LogP contribution in [0.1, 0.15) is 46.5 Å². The first-order valence-electron chi connectivity index (χ1n) is 7.82. The molecule has 2 aliphatic rings. The van der Waals surface area contributed by atoms with E-state index in [1.165, 1.54) is 0 Å². The van der Waals surface area contributed by atoms with Gasteiger partial charge >= 0.3 is 0 Å². The third-order valence-electron chi connectivity index (χ3n) is 4.12. The molecule has 1 saturated heterocycles. The monoisotopic (exact) mass is 284 g/mol. The Morgan fingerprint density at radius 1 is 1.20 bits per heavy atom. The zero-order valence-corrected chi connectivity index (χ0v) is 12.9. The van der Waals surface area contributed by atoms with Crippen LogP contribution in [0.25, 0.3) is 0 Å². The van der Waals surface area contributed by atoms with Crippen LogP contribution in [0.15, 0.2) is 0 Å². The fourth-order valence-electron chi connectivity index (χ4n) is 2.90. The van der Waals surface area contributed by atoms with Crippen molar-refractivity contribution in [1.29, 1.82) is 0 Å². The lowest BCUT2D eigenvalue weighted by Crippen LogP contribution is -2.50. The van der Waals surface area contributed by atoms with Crippen LogP contribution in [0.2, 0.25) is 0 Å². The lowest BCUT2D eigenvalue weighted by atomic mass is 9.89. The molecule has 20 heavy (non-hydrogen) atoms. The maximum absolute atomic E-state index is 11.9. The average molecular weight is 284 g/mol. The number of hydrogen-bond donors (Lipinski definition) is 2. The van der Waals surface area contributed by atoms with Gasteiger partial charge in [0.05, 0.1) is 19.3 Å². The minimum Gasteiger partial charge on any atom is -0.354 e. The Morgan fingerprint density at radius 3 is 2.35 bits per heavy atom. The number of ether oxygens (including phenoxy) is 2. The van der Waals surface area contributed by atoms with Crippen LogP contribution in [0.4, 0.5) is 0 Å². The van der Waals surface area contributed by atoms with Gasteiger partial charge in [0.25, 0.3) is 0 Å². The van der Waals surface area contributed by atoms with Gasteiger partial charge in [0.1, 0.15) is 0 Å². The van der Waals surface area contributed by atoms with Crippen molar-refractivity contribution in [2.75, 3.05) is 19.8 Å². The molecule has 116 valence electrons. The van der Waals surface area contributed by atoms with Gasteiger partial charge in [0.2, 0.25) is 5.91 Å². The topological polar surface area (TPSA) is 59.6 Å². The summed E-state index contributed by atoms with van der Waals surface area (Å²) in [5.41, 5.74) is 0. The van der Waals surface area contributed by atoms with Crippen molar-refractivity contribution in [3.8, 4) is 0 Å². The summed E-state index contributed by atoms with van der Waals surface area (Å²) in [7, 11) is 0. The second-order valence-electron chi connectivity index (χ2n) is 6.41. The van der Waals surface area contributed by atoms with Crippen molar-refractivity contribution in [3.63, 3.8) is 0 Å². The summed E-state index contributed by atoms with van der Waals surface area (Å²) in [4.78, 5) is 11.9. The molecule has 1 aliphatic heterocycles. The molecule has 0 aromatic heterocycles. The molecule has 2 N–H and O–H groups in total. The fourth-order valence-corrected chi connectivity index (χ4v) is 2.90. The van der Waals surface area contributed by atoms with Crippen molar-refractivity contribution in [2.45, 2.75) is 64.3 Å². The molecule has 1 amide bonds. The predicted octanol–water partition coefficient (Wildman–Crippen LogP) is 1.42. The molecule has 5 nitrogen and oxygen atoms in total. The second-order valence-corrected chi connectivity index (χ2v) is 6.41. The van der Waals surface area contributed by atoms with E-state index in [0.29, 0.717) is 25.2 Å². The zero-order chi connectivity index (χ0) is 14.6. The highest BCUT2D eigenvalue weighted by Crippen LogP contribution is 2.35. The van der Waals surface area contributed by atoms with Crippen LogP contribution < -0.4 is 10.6 Å². The van der Waals surface area contributed by atoms with Crippen molar-refractivity contribution < 1.29 is 14.3 Å². The minimum absolute atomic E-state index is 0.0901. The van der Waals surface area contributed by atoms with Gasteiger partial charge in [-0.05, 0) is 25.7 Å². The first kappa shape index (κ1) is 15.7. The summed E-state index contributed by atoms with van der Waals surface area (Å²) < 4.78 is 11.4. The third kappa shape index (κ3) is 4.17. The lowest BCUT2D eigenvalue weighted by Gasteiger charge is -2.36. The molecule has 0 bridgehead atoms. The molecule has 1 saturated carbocycles. The number of rotatable bonds is 5. The summed E-state index contributed by atoms with van der Waals surface area (Å²) in [6.45, 7) is 8.29. The van der Waals surface area contributed by atoms with Crippen molar-refractivity contribution >= 4 is 5.91 Å². The number of nitrogens with one attached hydrogen (secondary N) is 2. The Labute approximate surface area is 121 Å². The van der Waals surface area contributed by atoms with Crippen LogP contribution in [-0.2, 0) is 14.3 Å². The molecule has 1 unspecified atom stereocenters. The quantitative estimate of drug-likeness (QED) is 0.801. The fraction of sp³-hybridized carbons (Fsp3) is 0.933. The van der Waals surface area contributed by atoms with Gasteiger partial charge in [0.15, 0.2) is 5.79 Å². The number of carbonyl (C=O) groups excluding carboxylic acids is 1. The summed E-state index contributed by atoms with van der Waals surface area (Å²) in [5.74, 6) is 0.256. The molecule has 2 rings (SSSR count). The molecule has 1 heterocycles. The molecular weight excluding hydrogens is 256 g/mol. The third-order valence-corrected chi connectivity index (χ3v) is 4.12. The molecule has 1 spiro atoms. The predicted molar refractivity (Wildman–Crippen MR) is 77.3 cm³/mol. The van der Waals surface area contributed by atoms with Gasteiger partial charge < -0.3 is 20.1 Å². The highest BCUT2D eigenvalue weighted by molar-refractivity contribution is 5.81. The van der Waals surface area contributed by atoms with E-state index in [1.54, 1.807) is 0 Å². The Balaban J connectivity index is 1.70. The van der Waals surface area contributed by atoms with Gasteiger partial charge in [-0.25, -0.2) is 0 Å². The van der Waals surface area contributed by atoms with E-state index >= 15 is 0 Å². The van der Waals surface area contributed by atoms with E-state index in [1.807, 2.05) is 6.92 Å². The van der Waals surface area contributed by atoms with Crippen LogP contribution in [0, 0.1) is 5.92 Å².